The quantitative estimate of drug-likeness (QED) is 0.167. The summed E-state index contributed by atoms with van der Waals surface area (Å²) in [5.41, 5.74) is 10.1. The summed E-state index contributed by atoms with van der Waals surface area (Å²) in [5.74, 6) is 2.38. The van der Waals surface area contributed by atoms with Crippen molar-refractivity contribution in [3.8, 4) is 0 Å². The highest BCUT2D eigenvalue weighted by Crippen LogP contribution is 2.19. The molecule has 6 rings (SSSR count). The summed E-state index contributed by atoms with van der Waals surface area (Å²) in [4.78, 5) is 12.0. The van der Waals surface area contributed by atoms with E-state index in [0.29, 0.717) is 35.3 Å². The number of carboxylic acids is 1. The minimum atomic E-state index is -0.870. The van der Waals surface area contributed by atoms with Gasteiger partial charge < -0.3 is 10.8 Å². The molecule has 0 spiro atoms. The van der Waals surface area contributed by atoms with Gasteiger partial charge >= 0.3 is 5.97 Å². The van der Waals surface area contributed by atoms with Gasteiger partial charge in [0, 0.05) is 23.0 Å². The van der Waals surface area contributed by atoms with Crippen LogP contribution in [0.5, 0.6) is 0 Å². The molecule has 0 fully saturated rings. The Labute approximate surface area is 321 Å². The number of aromatic nitrogens is 6. The van der Waals surface area contributed by atoms with Gasteiger partial charge in [-0.1, -0.05) is 115 Å². The molecule has 0 aliphatic rings. The van der Waals surface area contributed by atoms with Crippen molar-refractivity contribution in [2.24, 2.45) is 5.73 Å². The van der Waals surface area contributed by atoms with Crippen LogP contribution in [0.15, 0.2) is 103 Å². The van der Waals surface area contributed by atoms with Crippen LogP contribution < -0.4 is 5.73 Å². The van der Waals surface area contributed by atoms with Crippen LogP contribution in [0.2, 0.25) is 0 Å². The van der Waals surface area contributed by atoms with Gasteiger partial charge in [-0.05, 0) is 92.3 Å². The third-order valence-electron chi connectivity index (χ3n) is 7.96. The fraction of sp³-hybridized carbons (Fsp3) is 0.419. The molecule has 4 heterocycles. The maximum Gasteiger partial charge on any atom is 0.335 e. The highest BCUT2D eigenvalue weighted by Gasteiger charge is 2.18. The summed E-state index contributed by atoms with van der Waals surface area (Å²) >= 11 is 1.83. The zero-order chi connectivity index (χ0) is 39.7. The Hall–Kier alpha value is -4.67. The summed E-state index contributed by atoms with van der Waals surface area (Å²) < 4.78 is 3.83. The Morgan fingerprint density at radius 2 is 1.28 bits per heavy atom. The molecule has 53 heavy (non-hydrogen) atoms. The van der Waals surface area contributed by atoms with E-state index in [-0.39, 0.29) is 0 Å². The van der Waals surface area contributed by atoms with Crippen LogP contribution in [0.1, 0.15) is 151 Å². The van der Waals surface area contributed by atoms with E-state index in [9.17, 15) is 4.79 Å². The number of aromatic carboxylic acids is 1. The summed E-state index contributed by atoms with van der Waals surface area (Å²) in [5, 5.41) is 26.9. The lowest BCUT2D eigenvalue weighted by Gasteiger charge is -2.13. The van der Waals surface area contributed by atoms with Crippen LogP contribution in [0.25, 0.3) is 5.65 Å². The predicted octanol–water partition coefficient (Wildman–Crippen LogP) is 11.1. The molecule has 0 bridgehead atoms. The minimum absolute atomic E-state index is 0.341. The Balaban J connectivity index is 0.000000231. The molecule has 0 amide bonds. The molecule has 10 heteroatoms. The maximum atomic E-state index is 10.5. The first-order valence-corrected chi connectivity index (χ1v) is 19.2. The van der Waals surface area contributed by atoms with Crippen molar-refractivity contribution >= 4 is 23.0 Å². The van der Waals surface area contributed by atoms with Gasteiger partial charge in [-0.25, -0.2) is 9.48 Å². The highest BCUT2D eigenvalue weighted by molar-refractivity contribution is 7.10. The van der Waals surface area contributed by atoms with E-state index in [1.165, 1.54) is 16.0 Å². The Morgan fingerprint density at radius 3 is 1.68 bits per heavy atom. The van der Waals surface area contributed by atoms with Gasteiger partial charge in [0.15, 0.2) is 5.65 Å². The summed E-state index contributed by atoms with van der Waals surface area (Å²) in [6.07, 6.45) is 3.88. The molecule has 4 aromatic heterocycles. The van der Waals surface area contributed by atoms with Gasteiger partial charge in [0.25, 0.3) is 0 Å². The molecule has 0 saturated heterocycles. The average Bonchev–Trinajstić information content (AvgIpc) is 3.92. The normalized spacial score (nSPS) is 11.0. The van der Waals surface area contributed by atoms with Crippen molar-refractivity contribution in [3.63, 3.8) is 0 Å². The standard InChI is InChI=1S/C10H12O2.C9H11N3.C9H12.C8H16N4.C7H10S/c1-7(2)8-3-5-9(6-4-8)10(11)12;1-7(2)9-11-10-8-5-3-4-6-12(8)9;1-8(2)9-6-4-3-5-7-9;1-6(2)12-5-7(10-11-12)8(3,4)9;1-6(2)7-4-3-5-8-7/h3-7H,1-2H3,(H,11,12);3-7H,1-2H3;3-8H,1-2H3;5-6H,9H2,1-4H3;3-6H,1-2H3. The molecule has 0 saturated carbocycles. The lowest BCUT2D eigenvalue weighted by atomic mass is 10.0. The van der Waals surface area contributed by atoms with E-state index in [1.807, 2.05) is 83.1 Å². The molecule has 3 N–H and O–H groups in total. The molecule has 2 aromatic carbocycles. The van der Waals surface area contributed by atoms with E-state index in [4.69, 9.17) is 10.8 Å². The molecule has 286 valence electrons. The predicted molar refractivity (Wildman–Crippen MR) is 221 cm³/mol. The second-order valence-corrected chi connectivity index (χ2v) is 15.8. The van der Waals surface area contributed by atoms with Crippen LogP contribution in [0, 0.1) is 0 Å². The summed E-state index contributed by atoms with van der Waals surface area (Å²) in [7, 11) is 0. The molecule has 0 aliphatic heterocycles. The van der Waals surface area contributed by atoms with E-state index in [2.05, 4.69) is 132 Å². The van der Waals surface area contributed by atoms with E-state index in [1.54, 1.807) is 12.1 Å². The lowest BCUT2D eigenvalue weighted by Crippen LogP contribution is -2.29. The molecular weight excluding hydrogens is 679 g/mol. The average molecular weight is 740 g/mol. The van der Waals surface area contributed by atoms with Gasteiger partial charge in [-0.2, -0.15) is 0 Å². The minimum Gasteiger partial charge on any atom is -0.478 e. The Kier molecular flexibility index (Phi) is 18.3. The fourth-order valence-electron chi connectivity index (χ4n) is 4.55. The van der Waals surface area contributed by atoms with Gasteiger partial charge in [0.2, 0.25) is 0 Å². The zero-order valence-electron chi connectivity index (χ0n) is 33.7. The third kappa shape index (κ3) is 15.5. The Bertz CT molecular complexity index is 1870. The first-order valence-electron chi connectivity index (χ1n) is 18.3. The van der Waals surface area contributed by atoms with E-state index < -0.39 is 11.5 Å². The van der Waals surface area contributed by atoms with E-state index >= 15 is 0 Å². The van der Waals surface area contributed by atoms with Crippen molar-refractivity contribution in [3.05, 3.63) is 136 Å². The number of hydrogen-bond donors (Lipinski definition) is 2. The maximum absolute atomic E-state index is 10.5. The number of carbonyl (C=O) groups is 1. The van der Waals surface area contributed by atoms with Crippen molar-refractivity contribution in [1.82, 2.24) is 29.6 Å². The smallest absolute Gasteiger partial charge is 0.335 e. The largest absolute Gasteiger partial charge is 0.478 e. The van der Waals surface area contributed by atoms with Gasteiger partial charge in [-0.3, -0.25) is 4.40 Å². The lowest BCUT2D eigenvalue weighted by molar-refractivity contribution is 0.0697. The van der Waals surface area contributed by atoms with Crippen LogP contribution in [-0.4, -0.2) is 40.7 Å². The third-order valence-corrected chi connectivity index (χ3v) is 9.13. The van der Waals surface area contributed by atoms with Gasteiger partial charge in [0.05, 0.1) is 17.3 Å². The second-order valence-electron chi connectivity index (χ2n) is 14.9. The number of hydrogen-bond acceptors (Lipinski definition) is 7. The second kappa shape index (κ2) is 21.8. The van der Waals surface area contributed by atoms with E-state index in [0.717, 1.165) is 17.2 Å². The fourth-order valence-corrected chi connectivity index (χ4v) is 5.29. The summed E-state index contributed by atoms with van der Waals surface area (Å²) in [6.45, 7) is 25.2. The molecule has 9 nitrogen and oxygen atoms in total. The molecule has 0 radical (unpaired) electrons. The highest BCUT2D eigenvalue weighted by atomic mass is 32.1. The van der Waals surface area contributed by atoms with Crippen LogP contribution in [0.4, 0.5) is 0 Å². The molecule has 0 atom stereocenters. The SMILES string of the molecule is CC(C)c1ccc(C(=O)O)cc1.CC(C)c1ccccc1.CC(C)c1cccs1.CC(C)c1nnc2ccccn12.CC(C)n1cc(C(C)(C)N)nn1. The van der Waals surface area contributed by atoms with Gasteiger partial charge in [0.1, 0.15) is 11.5 Å². The van der Waals surface area contributed by atoms with Gasteiger partial charge in [-0.15, -0.1) is 26.6 Å². The summed E-state index contributed by atoms with van der Waals surface area (Å²) in [6, 6.07) is 28.0. The molecule has 0 unspecified atom stereocenters. The van der Waals surface area contributed by atoms with Crippen molar-refractivity contribution < 1.29 is 9.90 Å². The molecular formula is C43H61N7O2S. The molecule has 6 aromatic rings. The molecule has 0 aliphatic carbocycles. The van der Waals surface area contributed by atoms with Crippen LogP contribution in [0.3, 0.4) is 0 Å². The van der Waals surface area contributed by atoms with Crippen molar-refractivity contribution in [2.45, 2.75) is 118 Å². The first-order chi connectivity index (χ1) is 24.9. The number of rotatable bonds is 7. The number of fused-ring (bicyclic) bond motifs is 1. The number of nitrogens with two attached hydrogens (primary N) is 1. The number of pyridine rings is 1. The number of thiophene rings is 1. The zero-order valence-corrected chi connectivity index (χ0v) is 34.5. The number of carboxylic acid groups (broad SMARTS) is 1. The first kappa shape index (κ1) is 44.5. The Morgan fingerprint density at radius 1 is 0.698 bits per heavy atom. The number of nitrogens with zero attached hydrogens (tertiary/aromatic N) is 6. The topological polar surface area (TPSA) is 124 Å². The van der Waals surface area contributed by atoms with Crippen LogP contribution >= 0.6 is 11.3 Å². The van der Waals surface area contributed by atoms with Crippen molar-refractivity contribution in [2.75, 3.05) is 0 Å². The van der Waals surface area contributed by atoms with Crippen LogP contribution in [-0.2, 0) is 5.54 Å². The number of benzene rings is 2. The van der Waals surface area contributed by atoms with Crippen molar-refractivity contribution in [1.29, 1.82) is 0 Å². The monoisotopic (exact) mass is 739 g/mol.